The van der Waals surface area contributed by atoms with E-state index in [0.717, 1.165) is 6.92 Å². The van der Waals surface area contributed by atoms with E-state index in [-0.39, 0.29) is 11.5 Å². The van der Waals surface area contributed by atoms with Crippen LogP contribution in [0, 0.1) is 11.8 Å². The number of nitrogens with one attached hydrogen (secondary N) is 1. The van der Waals surface area contributed by atoms with Gasteiger partial charge in [-0.1, -0.05) is 30.7 Å². The van der Waals surface area contributed by atoms with E-state index in [1.54, 1.807) is 30.2 Å². The molecular formula is C22H26F2N4O. The zero-order chi connectivity index (χ0) is 21.4. The molecule has 0 atom stereocenters. The molecule has 2 rings (SSSR count). The van der Waals surface area contributed by atoms with Crippen LogP contribution in [0.1, 0.15) is 26.3 Å². The Hall–Kier alpha value is -3.14. The van der Waals surface area contributed by atoms with Gasteiger partial charge in [-0.3, -0.25) is 4.79 Å². The summed E-state index contributed by atoms with van der Waals surface area (Å²) < 4.78 is 26.8. The van der Waals surface area contributed by atoms with Crippen molar-refractivity contribution in [3.63, 3.8) is 0 Å². The Kier molecular flexibility index (Phi) is 7.54. The molecule has 0 saturated carbocycles. The highest BCUT2D eigenvalue weighted by Crippen LogP contribution is 2.28. The quantitative estimate of drug-likeness (QED) is 0.464. The largest absolute Gasteiger partial charge is 0.353 e. The number of anilines is 1. The van der Waals surface area contributed by atoms with Gasteiger partial charge in [0.2, 0.25) is 0 Å². The lowest BCUT2D eigenvalue weighted by molar-refractivity contribution is -0.126. The van der Waals surface area contributed by atoms with Crippen molar-refractivity contribution in [1.82, 2.24) is 9.80 Å². The maximum absolute atomic E-state index is 13.4. The highest BCUT2D eigenvalue weighted by Gasteiger charge is 2.25. The van der Waals surface area contributed by atoms with Gasteiger partial charge in [0.05, 0.1) is 5.70 Å². The molecule has 0 aromatic heterocycles. The lowest BCUT2D eigenvalue weighted by atomic mass is 10.1. The molecule has 154 valence electrons. The maximum atomic E-state index is 13.4. The normalized spacial score (nSPS) is 15.1. The molecule has 7 heteroatoms. The van der Waals surface area contributed by atoms with Crippen LogP contribution < -0.4 is 5.32 Å². The standard InChI is InChI=1S/C22H26F2N4O/c1-5-7-20(29)27-13-15-28(16-14-27)21(25-12-6-2)17(3)26-19-10-8-18(9-11-19)22(4,23)24/h6,8-12,26H,3,13-16H2,1-2,4H3/b12-6-,25-21+. The fourth-order valence-corrected chi connectivity index (χ4v) is 2.88. The average Bonchev–Trinajstić information content (AvgIpc) is 2.68. The van der Waals surface area contributed by atoms with Crippen LogP contribution in [0.2, 0.25) is 0 Å². The molecule has 0 radical (unpaired) electrons. The first-order valence-corrected chi connectivity index (χ1v) is 9.36. The Morgan fingerprint density at radius 2 is 1.79 bits per heavy atom. The minimum Gasteiger partial charge on any atom is -0.353 e. The Balaban J connectivity index is 2.09. The summed E-state index contributed by atoms with van der Waals surface area (Å²) in [6.45, 7) is 10.7. The topological polar surface area (TPSA) is 47.9 Å². The fourth-order valence-electron chi connectivity index (χ4n) is 2.88. The number of carbonyl (C=O) groups excluding carboxylic acids is 1. The van der Waals surface area contributed by atoms with Gasteiger partial charge in [0, 0.05) is 50.6 Å². The smallest absolute Gasteiger partial charge is 0.298 e. The summed E-state index contributed by atoms with van der Waals surface area (Å²) >= 11 is 0. The molecule has 0 aliphatic carbocycles. The zero-order valence-corrected chi connectivity index (χ0v) is 17.0. The molecule has 1 aliphatic rings. The van der Waals surface area contributed by atoms with Crippen LogP contribution in [0.4, 0.5) is 14.5 Å². The molecule has 5 nitrogen and oxygen atoms in total. The van der Waals surface area contributed by atoms with Gasteiger partial charge >= 0.3 is 0 Å². The van der Waals surface area contributed by atoms with Crippen molar-refractivity contribution in [1.29, 1.82) is 0 Å². The maximum Gasteiger partial charge on any atom is 0.298 e. The van der Waals surface area contributed by atoms with Crippen molar-refractivity contribution in [2.45, 2.75) is 26.7 Å². The van der Waals surface area contributed by atoms with Gasteiger partial charge in [0.15, 0.2) is 5.84 Å². The Bertz CT molecular complexity index is 850. The molecule has 1 N–H and O–H groups in total. The molecule has 29 heavy (non-hydrogen) atoms. The second kappa shape index (κ2) is 9.87. The third kappa shape index (κ3) is 6.18. The summed E-state index contributed by atoms with van der Waals surface area (Å²) in [7, 11) is 0. The highest BCUT2D eigenvalue weighted by molar-refractivity contribution is 6.01. The first kappa shape index (κ1) is 22.2. The minimum absolute atomic E-state index is 0.0487. The van der Waals surface area contributed by atoms with Crippen LogP contribution in [0.3, 0.4) is 0 Å². The lowest BCUT2D eigenvalue weighted by Gasteiger charge is -2.36. The van der Waals surface area contributed by atoms with Crippen LogP contribution in [-0.2, 0) is 10.7 Å². The number of amides is 1. The second-order valence-electron chi connectivity index (χ2n) is 6.66. The van der Waals surface area contributed by atoms with E-state index in [4.69, 9.17) is 0 Å². The molecular weight excluding hydrogens is 374 g/mol. The Morgan fingerprint density at radius 3 is 2.31 bits per heavy atom. The van der Waals surface area contributed by atoms with E-state index in [2.05, 4.69) is 28.7 Å². The summed E-state index contributed by atoms with van der Waals surface area (Å²) in [4.78, 5) is 20.1. The van der Waals surface area contributed by atoms with E-state index in [1.165, 1.54) is 12.1 Å². The number of halogens is 2. The summed E-state index contributed by atoms with van der Waals surface area (Å²) in [5, 5.41) is 3.13. The predicted molar refractivity (Wildman–Crippen MR) is 113 cm³/mol. The Labute approximate surface area is 170 Å². The lowest BCUT2D eigenvalue weighted by Crippen LogP contribution is -2.51. The van der Waals surface area contributed by atoms with Gasteiger partial charge < -0.3 is 15.1 Å². The van der Waals surface area contributed by atoms with E-state index in [9.17, 15) is 13.6 Å². The van der Waals surface area contributed by atoms with Crippen molar-refractivity contribution in [3.8, 4) is 11.8 Å². The summed E-state index contributed by atoms with van der Waals surface area (Å²) in [6.07, 6.45) is 3.48. The molecule has 0 spiro atoms. The molecule has 1 aliphatic heterocycles. The second-order valence-corrected chi connectivity index (χ2v) is 6.66. The van der Waals surface area contributed by atoms with E-state index in [0.29, 0.717) is 43.4 Å². The van der Waals surface area contributed by atoms with Crippen molar-refractivity contribution >= 4 is 17.4 Å². The highest BCUT2D eigenvalue weighted by atomic mass is 19.3. The van der Waals surface area contributed by atoms with Crippen LogP contribution in [0.15, 0.2) is 53.8 Å². The number of carbonyl (C=O) groups is 1. The number of benzene rings is 1. The van der Waals surface area contributed by atoms with Gasteiger partial charge in [-0.25, -0.2) is 13.8 Å². The van der Waals surface area contributed by atoms with Crippen LogP contribution in [0.25, 0.3) is 0 Å². The zero-order valence-electron chi connectivity index (χ0n) is 17.0. The molecule has 1 amide bonds. The number of nitrogens with zero attached hydrogens (tertiary/aromatic N) is 3. The molecule has 0 unspecified atom stereocenters. The molecule has 0 bridgehead atoms. The van der Waals surface area contributed by atoms with Gasteiger partial charge in [-0.15, -0.1) is 0 Å². The van der Waals surface area contributed by atoms with Gasteiger partial charge in [0.1, 0.15) is 0 Å². The number of piperazine rings is 1. The number of allylic oxidation sites excluding steroid dienone is 1. The van der Waals surface area contributed by atoms with Crippen molar-refractivity contribution < 1.29 is 13.6 Å². The summed E-state index contributed by atoms with van der Waals surface area (Å²) in [5.41, 5.74) is 1.14. The van der Waals surface area contributed by atoms with Gasteiger partial charge in [-0.05, 0) is 31.9 Å². The summed E-state index contributed by atoms with van der Waals surface area (Å²) in [5.74, 6) is 2.77. The van der Waals surface area contributed by atoms with E-state index >= 15 is 0 Å². The van der Waals surface area contributed by atoms with E-state index in [1.807, 2.05) is 17.9 Å². The van der Waals surface area contributed by atoms with E-state index < -0.39 is 5.92 Å². The number of hydrogen-bond acceptors (Lipinski definition) is 3. The molecule has 1 heterocycles. The third-order valence-corrected chi connectivity index (χ3v) is 4.40. The van der Waals surface area contributed by atoms with Crippen LogP contribution >= 0.6 is 0 Å². The SMILES string of the molecule is C=C(Nc1ccc(C(C)(F)F)cc1)/C(=N\C=C/C)N1CCN(C(=O)C#CC)CC1. The number of rotatable bonds is 5. The Morgan fingerprint density at radius 1 is 1.21 bits per heavy atom. The van der Waals surface area contributed by atoms with Crippen molar-refractivity contribution in [3.05, 3.63) is 54.4 Å². The number of aliphatic imine (C=N–C) groups is 1. The molecule has 1 saturated heterocycles. The number of amidine groups is 1. The number of alkyl halides is 2. The first-order chi connectivity index (χ1) is 13.8. The summed E-state index contributed by atoms with van der Waals surface area (Å²) in [6, 6.07) is 5.95. The average molecular weight is 400 g/mol. The van der Waals surface area contributed by atoms with Gasteiger partial charge in [0.25, 0.3) is 11.8 Å². The van der Waals surface area contributed by atoms with Gasteiger partial charge in [-0.2, -0.15) is 0 Å². The molecule has 1 aromatic rings. The first-order valence-electron chi connectivity index (χ1n) is 9.36. The van der Waals surface area contributed by atoms with Crippen LogP contribution in [-0.4, -0.2) is 47.7 Å². The monoisotopic (exact) mass is 400 g/mol. The number of hydrogen-bond donors (Lipinski definition) is 1. The van der Waals surface area contributed by atoms with Crippen LogP contribution in [0.5, 0.6) is 0 Å². The predicted octanol–water partition coefficient (Wildman–Crippen LogP) is 3.82. The molecule has 1 aromatic carbocycles. The van der Waals surface area contributed by atoms with Crippen molar-refractivity contribution in [2.75, 3.05) is 31.5 Å². The third-order valence-electron chi connectivity index (χ3n) is 4.40. The minimum atomic E-state index is -2.88. The van der Waals surface area contributed by atoms with Crippen molar-refractivity contribution in [2.24, 2.45) is 4.99 Å². The molecule has 1 fully saturated rings. The fraction of sp³-hybridized carbons (Fsp3) is 0.364.